The quantitative estimate of drug-likeness (QED) is 0.594. The van der Waals surface area contributed by atoms with Crippen LogP contribution in [0.5, 0.6) is 0 Å². The molecule has 0 aliphatic rings. The number of carbonyl (C=O) groups excluding carboxylic acids is 2. The van der Waals surface area contributed by atoms with Gasteiger partial charge in [-0.1, -0.05) is 30.3 Å². The maximum absolute atomic E-state index is 11.8. The van der Waals surface area contributed by atoms with Crippen LogP contribution in [0.15, 0.2) is 30.3 Å². The number of benzene rings is 1. The molecule has 1 amide bonds. The van der Waals surface area contributed by atoms with Crippen LogP contribution < -0.4 is 11.1 Å². The largest absolute Gasteiger partial charge is 0.460 e. The Balaban J connectivity index is 2.17. The van der Waals surface area contributed by atoms with E-state index in [0.717, 1.165) is 5.56 Å². The van der Waals surface area contributed by atoms with Crippen molar-refractivity contribution < 1.29 is 19.1 Å². The van der Waals surface area contributed by atoms with Crippen LogP contribution in [-0.4, -0.2) is 30.3 Å². The molecule has 0 saturated carbocycles. The van der Waals surface area contributed by atoms with Gasteiger partial charge >= 0.3 is 12.1 Å². The fraction of sp³-hybridized carbons (Fsp3) is 0.529. The number of hydrogen-bond donors (Lipinski definition) is 2. The summed E-state index contributed by atoms with van der Waals surface area (Å²) in [4.78, 5) is 23.2. The lowest BCUT2D eigenvalue weighted by atomic mass is 10.1. The Morgan fingerprint density at radius 3 is 2.48 bits per heavy atom. The smallest absolute Gasteiger partial charge is 0.407 e. The summed E-state index contributed by atoms with van der Waals surface area (Å²) in [6, 6.07) is 8.72. The second-order valence-electron chi connectivity index (χ2n) is 6.27. The van der Waals surface area contributed by atoms with Crippen molar-refractivity contribution in [3.63, 3.8) is 0 Å². The lowest BCUT2D eigenvalue weighted by Gasteiger charge is -2.19. The zero-order chi connectivity index (χ0) is 17.3. The molecule has 1 atom stereocenters. The van der Waals surface area contributed by atoms with Crippen LogP contribution in [0.25, 0.3) is 0 Å². The predicted molar refractivity (Wildman–Crippen MR) is 87.7 cm³/mol. The van der Waals surface area contributed by atoms with Gasteiger partial charge in [0.1, 0.15) is 18.2 Å². The third-order valence-corrected chi connectivity index (χ3v) is 2.89. The number of nitrogens with two attached hydrogens (primary N) is 1. The lowest BCUT2D eigenvalue weighted by Crippen LogP contribution is -2.35. The minimum absolute atomic E-state index is 0.212. The highest BCUT2D eigenvalue weighted by molar-refractivity contribution is 5.75. The van der Waals surface area contributed by atoms with Crippen LogP contribution in [0, 0.1) is 0 Å². The first kappa shape index (κ1) is 19.0. The summed E-state index contributed by atoms with van der Waals surface area (Å²) in [7, 11) is 0. The molecule has 0 radical (unpaired) electrons. The molecule has 0 bridgehead atoms. The van der Waals surface area contributed by atoms with Crippen molar-refractivity contribution >= 4 is 12.1 Å². The van der Waals surface area contributed by atoms with E-state index in [-0.39, 0.29) is 6.61 Å². The monoisotopic (exact) mass is 322 g/mol. The normalized spacial score (nSPS) is 12.3. The summed E-state index contributed by atoms with van der Waals surface area (Å²) in [5.41, 5.74) is 6.17. The molecule has 0 fully saturated rings. The molecule has 0 unspecified atom stereocenters. The molecule has 1 rings (SSSR count). The van der Waals surface area contributed by atoms with Gasteiger partial charge in [0.25, 0.3) is 0 Å². The molecule has 1 aromatic rings. The number of rotatable bonds is 7. The van der Waals surface area contributed by atoms with E-state index in [1.807, 2.05) is 30.3 Å². The molecule has 0 spiro atoms. The lowest BCUT2D eigenvalue weighted by molar-refractivity contribution is -0.146. The van der Waals surface area contributed by atoms with Crippen molar-refractivity contribution in [2.24, 2.45) is 5.73 Å². The van der Waals surface area contributed by atoms with E-state index in [2.05, 4.69) is 5.32 Å². The van der Waals surface area contributed by atoms with Gasteiger partial charge in [-0.2, -0.15) is 0 Å². The zero-order valence-electron chi connectivity index (χ0n) is 14.0. The van der Waals surface area contributed by atoms with E-state index < -0.39 is 23.7 Å². The average Bonchev–Trinajstić information content (AvgIpc) is 2.48. The Labute approximate surface area is 137 Å². The highest BCUT2D eigenvalue weighted by Crippen LogP contribution is 2.07. The number of carbonyl (C=O) groups is 2. The molecule has 23 heavy (non-hydrogen) atoms. The van der Waals surface area contributed by atoms with Crippen LogP contribution >= 0.6 is 0 Å². The Morgan fingerprint density at radius 2 is 1.87 bits per heavy atom. The number of nitrogens with one attached hydrogen (secondary N) is 1. The molecule has 0 aliphatic heterocycles. The molecule has 6 nitrogen and oxygen atoms in total. The molecule has 0 heterocycles. The number of ether oxygens (including phenoxy) is 2. The number of esters is 1. The van der Waals surface area contributed by atoms with Crippen LogP contribution in [-0.2, 0) is 20.9 Å². The first-order valence-electron chi connectivity index (χ1n) is 7.71. The first-order valence-corrected chi connectivity index (χ1v) is 7.71. The molecule has 128 valence electrons. The fourth-order valence-corrected chi connectivity index (χ4v) is 1.78. The van der Waals surface area contributed by atoms with Crippen LogP contribution in [0.4, 0.5) is 4.79 Å². The average molecular weight is 322 g/mol. The highest BCUT2D eigenvalue weighted by Gasteiger charge is 2.17. The number of hydrogen-bond acceptors (Lipinski definition) is 5. The minimum Gasteiger partial charge on any atom is -0.460 e. The van der Waals surface area contributed by atoms with E-state index in [1.54, 1.807) is 20.8 Å². The summed E-state index contributed by atoms with van der Waals surface area (Å²) < 4.78 is 10.3. The van der Waals surface area contributed by atoms with Crippen LogP contribution in [0.3, 0.4) is 0 Å². The standard InChI is InChI=1S/C17H26N2O4/c1-17(2,3)23-16(21)19-11-7-10-14(18)15(20)22-12-13-8-5-4-6-9-13/h4-6,8-9,14H,7,10-12,18H2,1-3H3,(H,19,21)/t14-/m0/s1. The summed E-state index contributed by atoms with van der Waals surface area (Å²) in [5.74, 6) is -0.439. The fourth-order valence-electron chi connectivity index (χ4n) is 1.78. The maximum Gasteiger partial charge on any atom is 0.407 e. The van der Waals surface area contributed by atoms with Gasteiger partial charge < -0.3 is 20.5 Å². The molecule has 0 saturated heterocycles. The number of amides is 1. The molecule has 0 aromatic heterocycles. The van der Waals surface area contributed by atoms with Crippen LogP contribution in [0.2, 0.25) is 0 Å². The maximum atomic E-state index is 11.8. The van der Waals surface area contributed by atoms with Crippen molar-refractivity contribution in [3.05, 3.63) is 35.9 Å². The summed E-state index contributed by atoms with van der Waals surface area (Å²) in [6.45, 7) is 6.00. The predicted octanol–water partition coefficient (Wildman–Crippen LogP) is 2.36. The third-order valence-electron chi connectivity index (χ3n) is 2.89. The van der Waals surface area contributed by atoms with Gasteiger partial charge in [-0.15, -0.1) is 0 Å². The van der Waals surface area contributed by atoms with Gasteiger partial charge in [0.05, 0.1) is 0 Å². The Morgan fingerprint density at radius 1 is 1.22 bits per heavy atom. The van der Waals surface area contributed by atoms with Gasteiger partial charge in [0.15, 0.2) is 0 Å². The van der Waals surface area contributed by atoms with Gasteiger partial charge in [0, 0.05) is 6.54 Å². The molecular formula is C17H26N2O4. The number of alkyl carbamates (subject to hydrolysis) is 1. The zero-order valence-corrected chi connectivity index (χ0v) is 14.0. The second kappa shape index (κ2) is 9.15. The van der Waals surface area contributed by atoms with Gasteiger partial charge in [0.2, 0.25) is 0 Å². The Bertz CT molecular complexity index is 497. The molecule has 0 aliphatic carbocycles. The van der Waals surface area contributed by atoms with Gasteiger partial charge in [-0.25, -0.2) is 4.79 Å². The van der Waals surface area contributed by atoms with E-state index in [4.69, 9.17) is 15.2 Å². The van der Waals surface area contributed by atoms with Crippen molar-refractivity contribution in [1.82, 2.24) is 5.32 Å². The summed E-state index contributed by atoms with van der Waals surface area (Å²) in [5, 5.41) is 2.62. The van der Waals surface area contributed by atoms with Gasteiger partial charge in [-0.05, 0) is 39.2 Å². The van der Waals surface area contributed by atoms with Crippen molar-refractivity contribution in [2.75, 3.05) is 6.54 Å². The van der Waals surface area contributed by atoms with Crippen molar-refractivity contribution in [2.45, 2.75) is 51.9 Å². The van der Waals surface area contributed by atoms with Gasteiger partial charge in [-0.3, -0.25) is 4.79 Å². The SMILES string of the molecule is CC(C)(C)OC(=O)NCCC[C@H](N)C(=O)OCc1ccccc1. The molecule has 6 heteroatoms. The van der Waals surface area contributed by atoms with Crippen molar-refractivity contribution in [3.8, 4) is 0 Å². The topological polar surface area (TPSA) is 90.6 Å². The summed E-state index contributed by atoms with van der Waals surface area (Å²) in [6.07, 6.45) is 0.530. The molecule has 3 N–H and O–H groups in total. The highest BCUT2D eigenvalue weighted by atomic mass is 16.6. The molecule has 1 aromatic carbocycles. The third kappa shape index (κ3) is 8.83. The summed E-state index contributed by atoms with van der Waals surface area (Å²) >= 11 is 0. The molecular weight excluding hydrogens is 296 g/mol. The Hall–Kier alpha value is -2.08. The van der Waals surface area contributed by atoms with E-state index >= 15 is 0 Å². The van der Waals surface area contributed by atoms with Crippen molar-refractivity contribution in [1.29, 1.82) is 0 Å². The minimum atomic E-state index is -0.695. The van der Waals surface area contributed by atoms with E-state index in [9.17, 15) is 9.59 Å². The van der Waals surface area contributed by atoms with E-state index in [1.165, 1.54) is 0 Å². The van der Waals surface area contributed by atoms with E-state index in [0.29, 0.717) is 19.4 Å². The Kier molecular flexibility index (Phi) is 7.54. The second-order valence-corrected chi connectivity index (χ2v) is 6.27. The first-order chi connectivity index (χ1) is 10.8. The van der Waals surface area contributed by atoms with Crippen LogP contribution in [0.1, 0.15) is 39.2 Å².